The van der Waals surface area contributed by atoms with Gasteiger partial charge in [0.25, 0.3) is 0 Å². The number of amides is 1. The zero-order valence-corrected chi connectivity index (χ0v) is 20.5. The van der Waals surface area contributed by atoms with Crippen LogP contribution in [0, 0.1) is 0 Å². The van der Waals surface area contributed by atoms with E-state index in [1.54, 1.807) is 32.0 Å². The number of aromatic nitrogens is 2. The van der Waals surface area contributed by atoms with Crippen molar-refractivity contribution >= 4 is 21.6 Å². The minimum absolute atomic E-state index is 0.0769. The summed E-state index contributed by atoms with van der Waals surface area (Å²) in [6.07, 6.45) is 1.97. The Balaban J connectivity index is 1.82. The monoisotopic (exact) mass is 486 g/mol. The summed E-state index contributed by atoms with van der Waals surface area (Å²) in [5, 5.41) is 6.67. The van der Waals surface area contributed by atoms with Crippen LogP contribution in [0.15, 0.2) is 57.9 Å². The van der Waals surface area contributed by atoms with E-state index >= 15 is 0 Å². The van der Waals surface area contributed by atoms with Crippen LogP contribution in [-0.2, 0) is 27.7 Å². The molecule has 3 rings (SSSR count). The quantitative estimate of drug-likeness (QED) is 0.403. The third-order valence-electron chi connectivity index (χ3n) is 5.09. The highest BCUT2D eigenvalue weighted by Gasteiger charge is 2.23. The molecular formula is C24H30N4O5S. The highest BCUT2D eigenvalue weighted by Crippen LogP contribution is 2.33. The molecule has 0 fully saturated rings. The van der Waals surface area contributed by atoms with Crippen LogP contribution in [0.1, 0.15) is 45.3 Å². The maximum Gasteiger partial charge on any atom is 0.243 e. The second-order valence-electron chi connectivity index (χ2n) is 7.56. The fourth-order valence-corrected chi connectivity index (χ4v) is 4.82. The molecule has 3 aromatic rings. The van der Waals surface area contributed by atoms with Crippen molar-refractivity contribution in [3.05, 3.63) is 60.2 Å². The van der Waals surface area contributed by atoms with Crippen molar-refractivity contribution in [2.45, 2.75) is 51.3 Å². The number of rotatable bonds is 12. The van der Waals surface area contributed by atoms with Crippen LogP contribution < -0.4 is 10.1 Å². The van der Waals surface area contributed by atoms with Crippen LogP contribution in [0.4, 0.5) is 5.69 Å². The van der Waals surface area contributed by atoms with Crippen molar-refractivity contribution < 1.29 is 22.5 Å². The molecule has 1 aromatic heterocycles. The highest BCUT2D eigenvalue weighted by molar-refractivity contribution is 7.89. The van der Waals surface area contributed by atoms with Crippen LogP contribution in [0.5, 0.6) is 11.5 Å². The molecular weight excluding hydrogens is 456 g/mol. The molecule has 1 amide bonds. The van der Waals surface area contributed by atoms with Crippen LogP contribution >= 0.6 is 0 Å². The van der Waals surface area contributed by atoms with E-state index in [2.05, 4.69) is 15.5 Å². The number of sulfonamides is 1. The standard InChI is InChI=1S/C24H30N4O5S/c1-4-10-22-26-24(33-27-22)16-15-23(29)25-20-17-19(34(30,31)28(5-2)6-3)13-14-21(20)32-18-11-8-7-9-12-18/h7-9,11-14,17H,4-6,10,15-16H2,1-3H3,(H,25,29). The minimum atomic E-state index is -3.71. The van der Waals surface area contributed by atoms with Gasteiger partial charge in [0, 0.05) is 32.4 Å². The molecule has 0 aliphatic carbocycles. The molecule has 0 unspecified atom stereocenters. The first-order valence-electron chi connectivity index (χ1n) is 11.4. The number of carbonyl (C=O) groups is 1. The lowest BCUT2D eigenvalue weighted by Gasteiger charge is -2.20. The molecule has 1 heterocycles. The number of hydrogen-bond acceptors (Lipinski definition) is 7. The van der Waals surface area contributed by atoms with Crippen LogP contribution in [0.3, 0.4) is 0 Å². The molecule has 0 aliphatic heterocycles. The molecule has 1 N–H and O–H groups in total. The van der Waals surface area contributed by atoms with Crippen molar-refractivity contribution in [3.8, 4) is 11.5 Å². The fraction of sp³-hybridized carbons (Fsp3) is 0.375. The third kappa shape index (κ3) is 6.42. The Morgan fingerprint density at radius 1 is 1.06 bits per heavy atom. The number of nitrogens with zero attached hydrogens (tertiary/aromatic N) is 3. The Kier molecular flexibility index (Phi) is 8.78. The molecule has 2 aromatic carbocycles. The summed E-state index contributed by atoms with van der Waals surface area (Å²) in [6.45, 7) is 6.26. The Hall–Kier alpha value is -3.24. The van der Waals surface area contributed by atoms with Gasteiger partial charge in [-0.2, -0.15) is 9.29 Å². The van der Waals surface area contributed by atoms with E-state index in [1.165, 1.54) is 16.4 Å². The predicted octanol–water partition coefficient (Wildman–Crippen LogP) is 4.42. The third-order valence-corrected chi connectivity index (χ3v) is 7.13. The lowest BCUT2D eigenvalue weighted by atomic mass is 10.2. The number of benzene rings is 2. The average molecular weight is 487 g/mol. The van der Waals surface area contributed by atoms with Gasteiger partial charge in [-0.1, -0.05) is 44.1 Å². The van der Waals surface area contributed by atoms with Crippen LogP contribution in [0.25, 0.3) is 0 Å². The molecule has 34 heavy (non-hydrogen) atoms. The summed E-state index contributed by atoms with van der Waals surface area (Å²) in [4.78, 5) is 17.1. The van der Waals surface area contributed by atoms with Crippen molar-refractivity contribution in [2.75, 3.05) is 18.4 Å². The number of nitrogens with one attached hydrogen (secondary N) is 1. The normalized spacial score (nSPS) is 11.5. The number of para-hydroxylation sites is 1. The molecule has 182 valence electrons. The number of aryl methyl sites for hydroxylation is 2. The van der Waals surface area contributed by atoms with Gasteiger partial charge < -0.3 is 14.6 Å². The van der Waals surface area contributed by atoms with Gasteiger partial charge in [-0.05, 0) is 36.8 Å². The van der Waals surface area contributed by atoms with Gasteiger partial charge in [-0.3, -0.25) is 4.79 Å². The van der Waals surface area contributed by atoms with Gasteiger partial charge in [0.15, 0.2) is 11.6 Å². The zero-order chi connectivity index (χ0) is 24.6. The molecule has 10 heteroatoms. The van der Waals surface area contributed by atoms with E-state index in [9.17, 15) is 13.2 Å². The summed E-state index contributed by atoms with van der Waals surface area (Å²) in [5.74, 6) is 1.57. The molecule has 0 radical (unpaired) electrons. The number of ether oxygens (including phenoxy) is 1. The Bertz CT molecular complexity index is 1190. The summed E-state index contributed by atoms with van der Waals surface area (Å²) < 4.78 is 38.5. The van der Waals surface area contributed by atoms with Gasteiger partial charge in [0.05, 0.1) is 10.6 Å². The first kappa shape index (κ1) is 25.4. The van der Waals surface area contributed by atoms with Crippen LogP contribution in [0.2, 0.25) is 0 Å². The van der Waals surface area contributed by atoms with Gasteiger partial charge in [0.1, 0.15) is 5.75 Å². The van der Waals surface area contributed by atoms with E-state index in [0.717, 1.165) is 6.42 Å². The first-order valence-corrected chi connectivity index (χ1v) is 12.8. The average Bonchev–Trinajstić information content (AvgIpc) is 3.28. The molecule has 9 nitrogen and oxygen atoms in total. The molecule has 0 spiro atoms. The lowest BCUT2D eigenvalue weighted by molar-refractivity contribution is -0.116. The van der Waals surface area contributed by atoms with Gasteiger partial charge in [0.2, 0.25) is 21.8 Å². The largest absolute Gasteiger partial charge is 0.455 e. The number of anilines is 1. The Morgan fingerprint density at radius 3 is 2.47 bits per heavy atom. The molecule has 0 saturated carbocycles. The minimum Gasteiger partial charge on any atom is -0.455 e. The van der Waals surface area contributed by atoms with Crippen molar-refractivity contribution in [2.24, 2.45) is 0 Å². The highest BCUT2D eigenvalue weighted by atomic mass is 32.2. The summed E-state index contributed by atoms with van der Waals surface area (Å²) >= 11 is 0. The summed E-state index contributed by atoms with van der Waals surface area (Å²) in [7, 11) is -3.71. The first-order chi connectivity index (χ1) is 16.4. The number of carbonyl (C=O) groups excluding carboxylic acids is 1. The van der Waals surface area contributed by atoms with Crippen molar-refractivity contribution in [1.82, 2.24) is 14.4 Å². The Morgan fingerprint density at radius 2 is 1.79 bits per heavy atom. The zero-order valence-electron chi connectivity index (χ0n) is 19.7. The second-order valence-corrected chi connectivity index (χ2v) is 9.50. The lowest BCUT2D eigenvalue weighted by Crippen LogP contribution is -2.30. The van der Waals surface area contributed by atoms with E-state index in [4.69, 9.17) is 9.26 Å². The van der Waals surface area contributed by atoms with Gasteiger partial charge in [-0.25, -0.2) is 8.42 Å². The van der Waals surface area contributed by atoms with E-state index in [0.29, 0.717) is 42.7 Å². The maximum atomic E-state index is 13.0. The Labute approximate surface area is 200 Å². The second kappa shape index (κ2) is 11.8. The van der Waals surface area contributed by atoms with Gasteiger partial charge >= 0.3 is 0 Å². The molecule has 0 atom stereocenters. The van der Waals surface area contributed by atoms with Crippen molar-refractivity contribution in [1.29, 1.82) is 0 Å². The van der Waals surface area contributed by atoms with E-state index < -0.39 is 10.0 Å². The molecule has 0 saturated heterocycles. The maximum absolute atomic E-state index is 13.0. The van der Waals surface area contributed by atoms with E-state index in [-0.39, 0.29) is 29.3 Å². The fourth-order valence-electron chi connectivity index (χ4n) is 3.33. The SMILES string of the molecule is CCCc1noc(CCC(=O)Nc2cc(S(=O)(=O)N(CC)CC)ccc2Oc2ccccc2)n1. The molecule has 0 aliphatic rings. The summed E-state index contributed by atoms with van der Waals surface area (Å²) in [6, 6.07) is 13.5. The number of hydrogen-bond donors (Lipinski definition) is 1. The van der Waals surface area contributed by atoms with Crippen molar-refractivity contribution in [3.63, 3.8) is 0 Å². The smallest absolute Gasteiger partial charge is 0.243 e. The van der Waals surface area contributed by atoms with E-state index in [1.807, 2.05) is 25.1 Å². The van der Waals surface area contributed by atoms with Crippen LogP contribution in [-0.4, -0.2) is 41.9 Å². The topological polar surface area (TPSA) is 115 Å². The summed E-state index contributed by atoms with van der Waals surface area (Å²) in [5.41, 5.74) is 0.263. The predicted molar refractivity (Wildman–Crippen MR) is 128 cm³/mol. The molecule has 0 bridgehead atoms. The van der Waals surface area contributed by atoms with Gasteiger partial charge in [-0.15, -0.1) is 0 Å².